The van der Waals surface area contributed by atoms with Gasteiger partial charge in [0.1, 0.15) is 12.2 Å². The predicted molar refractivity (Wildman–Crippen MR) is 150 cm³/mol. The number of ether oxygens (including phenoxy) is 2. The Balaban J connectivity index is 1.57. The second kappa shape index (κ2) is 11.8. The zero-order valence-corrected chi connectivity index (χ0v) is 22.7. The Morgan fingerprint density at radius 3 is 1.78 bits per heavy atom. The molecule has 0 fully saturated rings. The molecule has 0 aliphatic heterocycles. The topological polar surface area (TPSA) is 83.4 Å². The summed E-state index contributed by atoms with van der Waals surface area (Å²) < 4.78 is 16.1. The largest absolute Gasteiger partial charge is 0.509 e. The first-order valence-corrected chi connectivity index (χ1v) is 13.4. The van der Waals surface area contributed by atoms with Crippen LogP contribution in [0.5, 0.6) is 0 Å². The van der Waals surface area contributed by atoms with Crippen LogP contribution < -0.4 is 11.1 Å². The van der Waals surface area contributed by atoms with E-state index in [0.29, 0.717) is 6.54 Å². The standard InChI is InChI=1S/C30H40N4O3/c1-6-33-18-22(14-16-31)28-24(10-8-12-26(28)33)20(3)36-30(35)37-21(4)25-11-9-13-27-29(25)23(15-17-32-5)19-34(27)7-2/h8-13,18-21,32H,6-7,14-17,31H2,1-5H3. The molecule has 2 atom stereocenters. The number of hydrogen-bond donors (Lipinski definition) is 2. The van der Waals surface area contributed by atoms with Gasteiger partial charge in [0.25, 0.3) is 0 Å². The van der Waals surface area contributed by atoms with Crippen molar-refractivity contribution in [2.75, 3.05) is 20.1 Å². The summed E-state index contributed by atoms with van der Waals surface area (Å²) in [7, 11) is 1.96. The summed E-state index contributed by atoms with van der Waals surface area (Å²) in [5, 5.41) is 5.50. The minimum Gasteiger partial charge on any atom is -0.426 e. The number of carbonyl (C=O) groups is 1. The van der Waals surface area contributed by atoms with E-state index in [1.165, 1.54) is 11.1 Å². The second-order valence-corrected chi connectivity index (χ2v) is 9.53. The number of benzene rings is 2. The molecule has 2 heterocycles. The summed E-state index contributed by atoms with van der Waals surface area (Å²) in [4.78, 5) is 13.0. The molecule has 0 amide bonds. The number of aromatic nitrogens is 2. The van der Waals surface area contributed by atoms with Crippen LogP contribution in [0.25, 0.3) is 21.8 Å². The van der Waals surface area contributed by atoms with Gasteiger partial charge in [-0.05, 0) is 83.9 Å². The van der Waals surface area contributed by atoms with Gasteiger partial charge in [0.2, 0.25) is 0 Å². The molecule has 0 bridgehead atoms. The van der Waals surface area contributed by atoms with Crippen molar-refractivity contribution in [3.05, 3.63) is 71.0 Å². The molecule has 0 saturated carbocycles. The number of nitrogens with two attached hydrogens (primary N) is 1. The molecule has 198 valence electrons. The zero-order chi connectivity index (χ0) is 26.5. The first-order chi connectivity index (χ1) is 17.9. The smallest absolute Gasteiger partial charge is 0.426 e. The summed E-state index contributed by atoms with van der Waals surface area (Å²) in [6.07, 6.45) is 4.45. The van der Waals surface area contributed by atoms with E-state index in [4.69, 9.17) is 15.2 Å². The van der Waals surface area contributed by atoms with Crippen molar-refractivity contribution >= 4 is 28.0 Å². The van der Waals surface area contributed by atoms with Crippen LogP contribution in [-0.2, 0) is 35.4 Å². The monoisotopic (exact) mass is 504 g/mol. The molecule has 7 heteroatoms. The van der Waals surface area contributed by atoms with E-state index in [-0.39, 0.29) is 0 Å². The SMILES string of the molecule is CCn1cc(CCN)c2c(C(C)OC(=O)OC(C)c3cccc4c3c(CCNC)cn4CC)cccc21. The summed E-state index contributed by atoms with van der Waals surface area (Å²) in [6, 6.07) is 12.3. The van der Waals surface area contributed by atoms with Crippen molar-refractivity contribution in [3.63, 3.8) is 0 Å². The van der Waals surface area contributed by atoms with E-state index < -0.39 is 18.4 Å². The van der Waals surface area contributed by atoms with Gasteiger partial charge in [-0.2, -0.15) is 0 Å². The number of nitrogens with one attached hydrogen (secondary N) is 1. The van der Waals surface area contributed by atoms with Crippen LogP contribution in [0.2, 0.25) is 0 Å². The van der Waals surface area contributed by atoms with Gasteiger partial charge in [0.05, 0.1) is 0 Å². The lowest BCUT2D eigenvalue weighted by Crippen LogP contribution is -2.14. The fourth-order valence-electron chi connectivity index (χ4n) is 5.38. The minimum atomic E-state index is -0.670. The Kier molecular flexibility index (Phi) is 8.56. The number of carbonyl (C=O) groups excluding carboxylic acids is 1. The second-order valence-electron chi connectivity index (χ2n) is 9.53. The molecule has 4 rings (SSSR count). The molecule has 0 spiro atoms. The van der Waals surface area contributed by atoms with E-state index in [2.05, 4.69) is 52.8 Å². The molecule has 2 unspecified atom stereocenters. The molecule has 0 saturated heterocycles. The highest BCUT2D eigenvalue weighted by Crippen LogP contribution is 2.34. The van der Waals surface area contributed by atoms with Crippen molar-refractivity contribution in [2.24, 2.45) is 5.73 Å². The average molecular weight is 505 g/mol. The Morgan fingerprint density at radius 2 is 1.35 bits per heavy atom. The average Bonchev–Trinajstić information content (AvgIpc) is 3.45. The fraction of sp³-hybridized carbons (Fsp3) is 0.433. The van der Waals surface area contributed by atoms with Gasteiger partial charge in [-0.1, -0.05) is 24.3 Å². The lowest BCUT2D eigenvalue weighted by molar-refractivity contribution is 0.00694. The van der Waals surface area contributed by atoms with Gasteiger partial charge < -0.3 is 29.7 Å². The number of likely N-dealkylation sites (N-methyl/N-ethyl adjacent to an activating group) is 1. The predicted octanol–water partition coefficient (Wildman–Crippen LogP) is 5.87. The molecular weight excluding hydrogens is 464 g/mol. The van der Waals surface area contributed by atoms with Gasteiger partial charge in [-0.15, -0.1) is 0 Å². The van der Waals surface area contributed by atoms with E-state index in [1.54, 1.807) is 0 Å². The van der Waals surface area contributed by atoms with Crippen LogP contribution >= 0.6 is 0 Å². The maximum atomic E-state index is 13.0. The number of rotatable bonds is 11. The van der Waals surface area contributed by atoms with Crippen molar-refractivity contribution < 1.29 is 14.3 Å². The zero-order valence-electron chi connectivity index (χ0n) is 22.7. The maximum absolute atomic E-state index is 13.0. The van der Waals surface area contributed by atoms with Gasteiger partial charge in [0.15, 0.2) is 0 Å². The Labute approximate surface area is 219 Å². The van der Waals surface area contributed by atoms with E-state index in [9.17, 15) is 4.79 Å². The quantitative estimate of drug-likeness (QED) is 0.250. The lowest BCUT2D eigenvalue weighted by Gasteiger charge is -2.19. The van der Waals surface area contributed by atoms with Crippen LogP contribution in [0.1, 0.15) is 62.2 Å². The molecule has 37 heavy (non-hydrogen) atoms. The molecule has 3 N–H and O–H groups in total. The Bertz CT molecular complexity index is 1370. The summed E-state index contributed by atoms with van der Waals surface area (Å²) in [6.45, 7) is 11.3. The fourth-order valence-corrected chi connectivity index (χ4v) is 5.38. The highest BCUT2D eigenvalue weighted by molar-refractivity contribution is 5.89. The van der Waals surface area contributed by atoms with E-state index in [0.717, 1.165) is 65.4 Å². The van der Waals surface area contributed by atoms with E-state index >= 15 is 0 Å². The normalized spacial score (nSPS) is 13.2. The van der Waals surface area contributed by atoms with Crippen molar-refractivity contribution in [1.82, 2.24) is 14.5 Å². The molecule has 0 aliphatic rings. The molecule has 2 aromatic heterocycles. The highest BCUT2D eigenvalue weighted by atomic mass is 16.7. The van der Waals surface area contributed by atoms with Crippen LogP contribution in [0, 0.1) is 0 Å². The summed E-state index contributed by atoms with van der Waals surface area (Å²) in [5.41, 5.74) is 12.6. The third-order valence-electron chi connectivity index (χ3n) is 7.20. The lowest BCUT2D eigenvalue weighted by atomic mass is 10.0. The highest BCUT2D eigenvalue weighted by Gasteiger charge is 2.23. The Morgan fingerprint density at radius 1 is 0.865 bits per heavy atom. The third kappa shape index (κ3) is 5.38. The molecule has 0 aliphatic carbocycles. The molecule has 0 radical (unpaired) electrons. The number of nitrogens with zero attached hydrogens (tertiary/aromatic N) is 2. The maximum Gasteiger partial charge on any atom is 0.509 e. The number of aryl methyl sites for hydroxylation is 2. The molecule has 4 aromatic rings. The van der Waals surface area contributed by atoms with E-state index in [1.807, 2.05) is 45.2 Å². The van der Waals surface area contributed by atoms with Gasteiger partial charge in [-0.25, -0.2) is 4.79 Å². The minimum absolute atomic E-state index is 0.450. The van der Waals surface area contributed by atoms with Crippen LogP contribution in [0.3, 0.4) is 0 Å². The third-order valence-corrected chi connectivity index (χ3v) is 7.20. The molecule has 7 nitrogen and oxygen atoms in total. The number of hydrogen-bond acceptors (Lipinski definition) is 5. The first kappa shape index (κ1) is 26.8. The molecular formula is C30H40N4O3. The summed E-state index contributed by atoms with van der Waals surface area (Å²) >= 11 is 0. The van der Waals surface area contributed by atoms with Gasteiger partial charge >= 0.3 is 6.16 Å². The van der Waals surface area contributed by atoms with Crippen molar-refractivity contribution in [1.29, 1.82) is 0 Å². The first-order valence-electron chi connectivity index (χ1n) is 13.4. The Hall–Kier alpha value is -3.29. The van der Waals surface area contributed by atoms with Crippen LogP contribution in [-0.4, -0.2) is 35.4 Å². The van der Waals surface area contributed by atoms with Crippen molar-refractivity contribution in [3.8, 4) is 0 Å². The van der Waals surface area contributed by atoms with Crippen LogP contribution in [0.15, 0.2) is 48.8 Å². The van der Waals surface area contributed by atoms with Crippen molar-refractivity contribution in [2.45, 2.75) is 65.8 Å². The summed E-state index contributed by atoms with van der Waals surface area (Å²) in [5.74, 6) is 0. The van der Waals surface area contributed by atoms with Gasteiger partial charge in [-0.3, -0.25) is 0 Å². The van der Waals surface area contributed by atoms with Gasteiger partial charge in [0, 0.05) is 58.4 Å². The number of fused-ring (bicyclic) bond motifs is 2. The molecule has 2 aromatic carbocycles. The van der Waals surface area contributed by atoms with Crippen LogP contribution in [0.4, 0.5) is 4.79 Å².